The largest absolute Gasteiger partial charge is 0.416 e. The number of aromatic nitrogens is 1. The first kappa shape index (κ1) is 20.6. The second kappa shape index (κ2) is 7.55. The van der Waals surface area contributed by atoms with Crippen LogP contribution in [0.3, 0.4) is 0 Å². The van der Waals surface area contributed by atoms with Gasteiger partial charge >= 0.3 is 6.18 Å². The Balaban J connectivity index is 1.75. The van der Waals surface area contributed by atoms with E-state index < -0.39 is 32.6 Å². The van der Waals surface area contributed by atoms with Gasteiger partial charge in [-0.15, -0.1) is 0 Å². The number of piperidine rings is 1. The van der Waals surface area contributed by atoms with Crippen molar-refractivity contribution >= 4 is 26.4 Å². The van der Waals surface area contributed by atoms with E-state index in [1.165, 1.54) is 12.3 Å². The third-order valence-electron chi connectivity index (χ3n) is 5.18. The minimum Gasteiger partial charge on any atom is -0.391 e. The quantitative estimate of drug-likeness (QED) is 0.671. The molecule has 1 N–H and O–H groups in total. The van der Waals surface area contributed by atoms with Crippen LogP contribution < -0.4 is 4.90 Å². The Morgan fingerprint density at radius 3 is 2.57 bits per heavy atom. The molecule has 30 heavy (non-hydrogen) atoms. The molecule has 1 saturated heterocycles. The molecule has 0 amide bonds. The van der Waals surface area contributed by atoms with Crippen molar-refractivity contribution in [3.63, 3.8) is 0 Å². The van der Waals surface area contributed by atoms with Gasteiger partial charge in [0.25, 0.3) is 0 Å². The average molecular weight is 436 g/mol. The summed E-state index contributed by atoms with van der Waals surface area (Å²) < 4.78 is 64.8. The maximum atomic E-state index is 13.0. The van der Waals surface area contributed by atoms with E-state index in [1.54, 1.807) is 12.1 Å². The van der Waals surface area contributed by atoms with Gasteiger partial charge in [-0.2, -0.15) is 13.2 Å². The number of alkyl halides is 3. The number of benzene rings is 2. The normalized spacial score (nSPS) is 18.0. The molecule has 0 saturated carbocycles. The Morgan fingerprint density at radius 1 is 1.07 bits per heavy atom. The molecule has 1 fully saturated rings. The minimum absolute atomic E-state index is 0.176. The number of rotatable bonds is 3. The molecule has 2 heterocycles. The summed E-state index contributed by atoms with van der Waals surface area (Å²) in [4.78, 5) is 5.71. The van der Waals surface area contributed by atoms with Crippen LogP contribution in [-0.4, -0.2) is 37.7 Å². The van der Waals surface area contributed by atoms with Crippen molar-refractivity contribution in [3.05, 3.63) is 60.3 Å². The SMILES string of the molecule is O=S(=O)(c1cccc(C(F)(F)F)c1)c1cnc2c(N3CCCC(O)C3)cccc2c1. The van der Waals surface area contributed by atoms with Crippen LogP contribution in [0.5, 0.6) is 0 Å². The Labute approximate surface area is 171 Å². The van der Waals surface area contributed by atoms with E-state index in [1.807, 2.05) is 11.0 Å². The fourth-order valence-electron chi connectivity index (χ4n) is 3.68. The molecule has 1 aliphatic heterocycles. The molecule has 9 heteroatoms. The molecule has 158 valence electrons. The molecule has 0 radical (unpaired) electrons. The molecular weight excluding hydrogens is 417 g/mol. The molecule has 1 aliphatic rings. The number of hydrogen-bond acceptors (Lipinski definition) is 5. The third-order valence-corrected chi connectivity index (χ3v) is 6.90. The van der Waals surface area contributed by atoms with Gasteiger partial charge in [-0.05, 0) is 43.2 Å². The summed E-state index contributed by atoms with van der Waals surface area (Å²) in [7, 11) is -4.18. The second-order valence-electron chi connectivity index (χ2n) is 7.29. The Kier molecular flexibility index (Phi) is 5.19. The number of pyridine rings is 1. The monoisotopic (exact) mass is 436 g/mol. The number of hydrogen-bond donors (Lipinski definition) is 1. The van der Waals surface area contributed by atoms with E-state index in [0.29, 0.717) is 23.5 Å². The lowest BCUT2D eigenvalue weighted by Crippen LogP contribution is -2.38. The van der Waals surface area contributed by atoms with Gasteiger partial charge in [0.2, 0.25) is 9.84 Å². The van der Waals surface area contributed by atoms with Crippen molar-refractivity contribution in [1.82, 2.24) is 4.98 Å². The highest BCUT2D eigenvalue weighted by Crippen LogP contribution is 2.33. The van der Waals surface area contributed by atoms with Crippen LogP contribution in [0.1, 0.15) is 18.4 Å². The summed E-state index contributed by atoms with van der Waals surface area (Å²) >= 11 is 0. The maximum absolute atomic E-state index is 13.0. The van der Waals surface area contributed by atoms with Crippen molar-refractivity contribution in [2.75, 3.05) is 18.0 Å². The van der Waals surface area contributed by atoms with Gasteiger partial charge < -0.3 is 10.0 Å². The lowest BCUT2D eigenvalue weighted by molar-refractivity contribution is -0.137. The number of halogens is 3. The van der Waals surface area contributed by atoms with Gasteiger partial charge in [0.1, 0.15) is 0 Å². The predicted octanol–water partition coefficient (Wildman–Crippen LogP) is 4.05. The van der Waals surface area contributed by atoms with E-state index in [-0.39, 0.29) is 4.90 Å². The van der Waals surface area contributed by atoms with E-state index in [4.69, 9.17) is 0 Å². The molecule has 4 rings (SSSR count). The molecule has 0 bridgehead atoms. The topological polar surface area (TPSA) is 70.5 Å². The first-order valence-electron chi connectivity index (χ1n) is 9.40. The van der Waals surface area contributed by atoms with Crippen LogP contribution in [0.2, 0.25) is 0 Å². The summed E-state index contributed by atoms with van der Waals surface area (Å²) in [6, 6.07) is 10.4. The number of para-hydroxylation sites is 1. The van der Waals surface area contributed by atoms with Crippen molar-refractivity contribution in [2.24, 2.45) is 0 Å². The number of aliphatic hydroxyl groups is 1. The minimum atomic E-state index is -4.64. The van der Waals surface area contributed by atoms with Crippen LogP contribution >= 0.6 is 0 Å². The summed E-state index contributed by atoms with van der Waals surface area (Å²) in [5, 5.41) is 10.5. The van der Waals surface area contributed by atoms with E-state index in [2.05, 4.69) is 4.98 Å². The molecular formula is C21H19F3N2O3S. The molecule has 0 aliphatic carbocycles. The summed E-state index contributed by atoms with van der Waals surface area (Å²) in [6.07, 6.45) is -2.34. The highest BCUT2D eigenvalue weighted by molar-refractivity contribution is 7.91. The zero-order chi connectivity index (χ0) is 21.5. The zero-order valence-corrected chi connectivity index (χ0v) is 16.6. The van der Waals surface area contributed by atoms with Gasteiger partial charge in [-0.25, -0.2) is 8.42 Å². The van der Waals surface area contributed by atoms with Crippen molar-refractivity contribution in [1.29, 1.82) is 0 Å². The van der Waals surface area contributed by atoms with Crippen LogP contribution in [-0.2, 0) is 16.0 Å². The molecule has 5 nitrogen and oxygen atoms in total. The highest BCUT2D eigenvalue weighted by Gasteiger charge is 2.32. The Bertz CT molecular complexity index is 1200. The fourth-order valence-corrected chi connectivity index (χ4v) is 4.96. The summed E-state index contributed by atoms with van der Waals surface area (Å²) in [6.45, 7) is 1.22. The molecule has 1 aromatic heterocycles. The van der Waals surface area contributed by atoms with Crippen molar-refractivity contribution < 1.29 is 26.7 Å². The van der Waals surface area contributed by atoms with E-state index in [0.717, 1.165) is 43.3 Å². The Hall–Kier alpha value is -2.65. The summed E-state index contributed by atoms with van der Waals surface area (Å²) in [5.41, 5.74) is 0.340. The first-order valence-corrected chi connectivity index (χ1v) is 10.9. The standard InChI is InChI=1S/C21H19F3N2O3S/c22-21(23,24)15-5-2-7-17(11-15)30(28,29)18-10-14-4-1-8-19(20(14)25-12-18)26-9-3-6-16(27)13-26/h1-2,4-5,7-8,10-12,16,27H,3,6,9,13H2. The average Bonchev–Trinajstić information content (AvgIpc) is 2.72. The van der Waals surface area contributed by atoms with Crippen LogP contribution in [0.4, 0.5) is 18.9 Å². The number of aliphatic hydroxyl groups excluding tert-OH is 1. The first-order chi connectivity index (χ1) is 14.2. The number of sulfone groups is 1. The lowest BCUT2D eigenvalue weighted by Gasteiger charge is -2.32. The Morgan fingerprint density at radius 2 is 1.83 bits per heavy atom. The van der Waals surface area contributed by atoms with E-state index in [9.17, 15) is 26.7 Å². The molecule has 1 atom stereocenters. The smallest absolute Gasteiger partial charge is 0.391 e. The third kappa shape index (κ3) is 3.87. The molecule has 3 aromatic rings. The van der Waals surface area contributed by atoms with Crippen molar-refractivity contribution in [2.45, 2.75) is 34.9 Å². The van der Waals surface area contributed by atoms with Gasteiger partial charge in [-0.3, -0.25) is 4.98 Å². The van der Waals surface area contributed by atoms with Gasteiger partial charge in [0.05, 0.1) is 32.7 Å². The van der Waals surface area contributed by atoms with Crippen LogP contribution in [0.15, 0.2) is 64.5 Å². The van der Waals surface area contributed by atoms with E-state index >= 15 is 0 Å². The fraction of sp³-hybridized carbons (Fsp3) is 0.286. The number of β-amino-alcohol motifs (C(OH)–C–C–N with tert-alkyl or cyclic N) is 1. The lowest BCUT2D eigenvalue weighted by atomic mass is 10.1. The van der Waals surface area contributed by atoms with Gasteiger partial charge in [0, 0.05) is 24.7 Å². The number of nitrogens with zero attached hydrogens (tertiary/aromatic N) is 2. The molecule has 2 aromatic carbocycles. The van der Waals surface area contributed by atoms with Gasteiger partial charge in [0.15, 0.2) is 0 Å². The van der Waals surface area contributed by atoms with Crippen molar-refractivity contribution in [3.8, 4) is 0 Å². The second-order valence-corrected chi connectivity index (χ2v) is 9.24. The number of anilines is 1. The van der Waals surface area contributed by atoms with Gasteiger partial charge in [-0.1, -0.05) is 18.2 Å². The maximum Gasteiger partial charge on any atom is 0.416 e. The molecule has 0 spiro atoms. The van der Waals surface area contributed by atoms with Crippen LogP contribution in [0, 0.1) is 0 Å². The summed E-state index contributed by atoms with van der Waals surface area (Å²) in [5.74, 6) is 0. The highest BCUT2D eigenvalue weighted by atomic mass is 32.2. The van der Waals surface area contributed by atoms with Crippen LogP contribution in [0.25, 0.3) is 10.9 Å². The predicted molar refractivity (Wildman–Crippen MR) is 106 cm³/mol. The molecule has 1 unspecified atom stereocenters. The number of fused-ring (bicyclic) bond motifs is 1. The zero-order valence-electron chi connectivity index (χ0n) is 15.8.